The number of carbonyl (C=O) groups excluding carboxylic acids is 1. The molecule has 1 unspecified atom stereocenters. The second kappa shape index (κ2) is 7.11. The summed E-state index contributed by atoms with van der Waals surface area (Å²) in [6.07, 6.45) is 0.696. The number of carboxylic acids is 1. The second-order valence-corrected chi connectivity index (χ2v) is 6.35. The Morgan fingerprint density at radius 2 is 1.71 bits per heavy atom. The standard InChI is InChI=1S/C16H24N2O3/c1-11(10-12-8-6-5-7-9-12)17-15(21)18-13(14(19)20)16(2,3)4/h5-9,11,13H,10H2,1-4H3,(H,19,20)(H2,17,18,21)/t11?,13-/m0/s1. The maximum absolute atomic E-state index is 11.9. The molecular formula is C16H24N2O3. The van der Waals surface area contributed by atoms with E-state index in [1.807, 2.05) is 37.3 Å². The number of carbonyl (C=O) groups is 2. The van der Waals surface area contributed by atoms with Gasteiger partial charge in [-0.25, -0.2) is 9.59 Å². The van der Waals surface area contributed by atoms with Gasteiger partial charge in [-0.15, -0.1) is 0 Å². The van der Waals surface area contributed by atoms with Crippen LogP contribution in [0.3, 0.4) is 0 Å². The van der Waals surface area contributed by atoms with Crippen LogP contribution in [0, 0.1) is 5.41 Å². The number of urea groups is 1. The SMILES string of the molecule is CC(Cc1ccccc1)NC(=O)N[C@@H](C(=O)O)C(C)(C)C. The lowest BCUT2D eigenvalue weighted by Crippen LogP contribution is -2.53. The lowest BCUT2D eigenvalue weighted by molar-refractivity contribution is -0.141. The largest absolute Gasteiger partial charge is 0.480 e. The van der Waals surface area contributed by atoms with Crippen LogP contribution in [0.25, 0.3) is 0 Å². The molecule has 0 aliphatic heterocycles. The van der Waals surface area contributed by atoms with Crippen LogP contribution in [-0.2, 0) is 11.2 Å². The van der Waals surface area contributed by atoms with E-state index in [9.17, 15) is 14.7 Å². The Labute approximate surface area is 125 Å². The van der Waals surface area contributed by atoms with Gasteiger partial charge in [0, 0.05) is 6.04 Å². The topological polar surface area (TPSA) is 78.4 Å². The lowest BCUT2D eigenvalue weighted by atomic mass is 9.87. The minimum atomic E-state index is -1.03. The number of nitrogens with one attached hydrogen (secondary N) is 2. The monoisotopic (exact) mass is 292 g/mol. The van der Waals surface area contributed by atoms with E-state index in [-0.39, 0.29) is 6.04 Å². The second-order valence-electron chi connectivity index (χ2n) is 6.35. The fraction of sp³-hybridized carbons (Fsp3) is 0.500. The zero-order valence-corrected chi connectivity index (χ0v) is 13.0. The van der Waals surface area contributed by atoms with Gasteiger partial charge in [0.1, 0.15) is 6.04 Å². The molecule has 0 radical (unpaired) electrons. The number of carboxylic acid groups (broad SMARTS) is 1. The molecule has 1 rings (SSSR count). The predicted molar refractivity (Wildman–Crippen MR) is 82.2 cm³/mol. The normalized spacial score (nSPS) is 14.1. The van der Waals surface area contributed by atoms with E-state index in [0.29, 0.717) is 6.42 Å². The number of aliphatic carboxylic acids is 1. The van der Waals surface area contributed by atoms with Crippen LogP contribution in [0.2, 0.25) is 0 Å². The van der Waals surface area contributed by atoms with Crippen molar-refractivity contribution in [3.8, 4) is 0 Å². The molecule has 116 valence electrons. The minimum absolute atomic E-state index is 0.0817. The van der Waals surface area contributed by atoms with Gasteiger partial charge < -0.3 is 15.7 Å². The molecule has 0 aromatic heterocycles. The van der Waals surface area contributed by atoms with E-state index in [2.05, 4.69) is 10.6 Å². The summed E-state index contributed by atoms with van der Waals surface area (Å²) in [4.78, 5) is 23.1. The average molecular weight is 292 g/mol. The molecular weight excluding hydrogens is 268 g/mol. The van der Waals surface area contributed by atoms with Crippen LogP contribution in [0.1, 0.15) is 33.3 Å². The van der Waals surface area contributed by atoms with Gasteiger partial charge in [-0.05, 0) is 24.3 Å². The third-order valence-corrected chi connectivity index (χ3v) is 3.15. The van der Waals surface area contributed by atoms with Gasteiger partial charge in [0.05, 0.1) is 0 Å². The lowest BCUT2D eigenvalue weighted by Gasteiger charge is -2.28. The smallest absolute Gasteiger partial charge is 0.326 e. The summed E-state index contributed by atoms with van der Waals surface area (Å²) >= 11 is 0. The van der Waals surface area contributed by atoms with Crippen molar-refractivity contribution in [1.82, 2.24) is 10.6 Å². The van der Waals surface area contributed by atoms with E-state index < -0.39 is 23.5 Å². The molecule has 0 saturated heterocycles. The number of amides is 2. The van der Waals surface area contributed by atoms with Crippen molar-refractivity contribution in [2.45, 2.75) is 46.2 Å². The summed E-state index contributed by atoms with van der Waals surface area (Å²) in [5, 5.41) is 14.5. The quantitative estimate of drug-likeness (QED) is 0.780. The van der Waals surface area contributed by atoms with Crippen LogP contribution in [0.15, 0.2) is 30.3 Å². The summed E-state index contributed by atoms with van der Waals surface area (Å²) in [7, 11) is 0. The Balaban J connectivity index is 2.54. The first-order valence-electron chi connectivity index (χ1n) is 7.04. The van der Waals surface area contributed by atoms with Crippen molar-refractivity contribution in [3.63, 3.8) is 0 Å². The molecule has 0 spiro atoms. The Hall–Kier alpha value is -2.04. The molecule has 0 heterocycles. The predicted octanol–water partition coefficient (Wildman–Crippen LogP) is 2.42. The molecule has 0 saturated carbocycles. The number of benzene rings is 1. The van der Waals surface area contributed by atoms with Gasteiger partial charge in [0.15, 0.2) is 0 Å². The maximum atomic E-state index is 11.9. The summed E-state index contributed by atoms with van der Waals surface area (Å²) in [5.41, 5.74) is 0.571. The van der Waals surface area contributed by atoms with Gasteiger partial charge in [0.2, 0.25) is 0 Å². The summed E-state index contributed by atoms with van der Waals surface area (Å²) < 4.78 is 0. The minimum Gasteiger partial charge on any atom is -0.480 e. The molecule has 5 nitrogen and oxygen atoms in total. The zero-order chi connectivity index (χ0) is 16.0. The Bertz CT molecular complexity index is 480. The maximum Gasteiger partial charge on any atom is 0.326 e. The van der Waals surface area contributed by atoms with Crippen LogP contribution in [-0.4, -0.2) is 29.2 Å². The number of hydrogen-bond donors (Lipinski definition) is 3. The number of hydrogen-bond acceptors (Lipinski definition) is 2. The van der Waals surface area contributed by atoms with Crippen molar-refractivity contribution in [2.24, 2.45) is 5.41 Å². The highest BCUT2D eigenvalue weighted by molar-refractivity contribution is 5.83. The average Bonchev–Trinajstić information content (AvgIpc) is 2.35. The third-order valence-electron chi connectivity index (χ3n) is 3.15. The molecule has 21 heavy (non-hydrogen) atoms. The van der Waals surface area contributed by atoms with Gasteiger partial charge in [-0.1, -0.05) is 51.1 Å². The molecule has 1 aromatic rings. The van der Waals surface area contributed by atoms with Crippen molar-refractivity contribution in [2.75, 3.05) is 0 Å². The van der Waals surface area contributed by atoms with Crippen molar-refractivity contribution in [3.05, 3.63) is 35.9 Å². The highest BCUT2D eigenvalue weighted by Crippen LogP contribution is 2.19. The van der Waals surface area contributed by atoms with E-state index in [1.54, 1.807) is 20.8 Å². The first-order chi connectivity index (χ1) is 9.70. The zero-order valence-electron chi connectivity index (χ0n) is 13.0. The molecule has 2 atom stereocenters. The fourth-order valence-electron chi connectivity index (χ4n) is 2.06. The Kier molecular flexibility index (Phi) is 5.76. The number of rotatable bonds is 5. The molecule has 5 heteroatoms. The van der Waals surface area contributed by atoms with Gasteiger partial charge in [-0.3, -0.25) is 0 Å². The summed E-state index contributed by atoms with van der Waals surface area (Å²) in [6.45, 7) is 7.22. The third kappa shape index (κ3) is 5.85. The Morgan fingerprint density at radius 1 is 1.14 bits per heavy atom. The molecule has 3 N–H and O–H groups in total. The van der Waals surface area contributed by atoms with Crippen molar-refractivity contribution < 1.29 is 14.7 Å². The Morgan fingerprint density at radius 3 is 2.19 bits per heavy atom. The first kappa shape index (κ1) is 17.0. The van der Waals surface area contributed by atoms with E-state index in [4.69, 9.17) is 0 Å². The molecule has 0 aliphatic carbocycles. The van der Waals surface area contributed by atoms with Crippen LogP contribution >= 0.6 is 0 Å². The highest BCUT2D eigenvalue weighted by atomic mass is 16.4. The molecule has 2 amide bonds. The van der Waals surface area contributed by atoms with Crippen LogP contribution < -0.4 is 10.6 Å². The van der Waals surface area contributed by atoms with E-state index >= 15 is 0 Å². The fourth-order valence-corrected chi connectivity index (χ4v) is 2.06. The van der Waals surface area contributed by atoms with Gasteiger partial charge in [-0.2, -0.15) is 0 Å². The molecule has 0 bridgehead atoms. The highest BCUT2D eigenvalue weighted by Gasteiger charge is 2.32. The molecule has 0 aliphatic rings. The summed E-state index contributed by atoms with van der Waals surface area (Å²) in [6, 6.07) is 8.35. The van der Waals surface area contributed by atoms with Crippen molar-refractivity contribution >= 4 is 12.0 Å². The first-order valence-corrected chi connectivity index (χ1v) is 7.04. The summed E-state index contributed by atoms with van der Waals surface area (Å²) in [5.74, 6) is -1.03. The van der Waals surface area contributed by atoms with E-state index in [0.717, 1.165) is 5.56 Å². The van der Waals surface area contributed by atoms with Crippen LogP contribution in [0.4, 0.5) is 4.79 Å². The van der Waals surface area contributed by atoms with Crippen LogP contribution in [0.5, 0.6) is 0 Å². The van der Waals surface area contributed by atoms with E-state index in [1.165, 1.54) is 0 Å². The van der Waals surface area contributed by atoms with Gasteiger partial charge in [0.25, 0.3) is 0 Å². The molecule has 0 fully saturated rings. The molecule has 1 aromatic carbocycles. The van der Waals surface area contributed by atoms with Crippen molar-refractivity contribution in [1.29, 1.82) is 0 Å². The van der Waals surface area contributed by atoms with Gasteiger partial charge >= 0.3 is 12.0 Å².